The van der Waals surface area contributed by atoms with Crippen molar-refractivity contribution in [1.82, 2.24) is 19.7 Å². The maximum atomic E-state index is 4.35. The average molecular weight is 188 g/mol. The molecule has 72 valence electrons. The maximum Gasteiger partial charge on any atom is 0.138 e. The van der Waals surface area contributed by atoms with E-state index in [-0.39, 0.29) is 0 Å². The third-order valence-electron chi connectivity index (χ3n) is 2.03. The summed E-state index contributed by atoms with van der Waals surface area (Å²) in [6, 6.07) is 3.90. The average Bonchev–Trinajstić information content (AvgIpc) is 2.70. The number of nitrogens with zero attached hydrogens (tertiary/aromatic N) is 4. The molecular formula is C10H12N4. The monoisotopic (exact) mass is 188 g/mol. The molecule has 0 amide bonds. The van der Waals surface area contributed by atoms with E-state index in [0.29, 0.717) is 5.92 Å². The summed E-state index contributed by atoms with van der Waals surface area (Å²) in [6.45, 7) is 4.23. The first-order valence-electron chi connectivity index (χ1n) is 4.59. The molecule has 0 saturated heterocycles. The zero-order chi connectivity index (χ0) is 9.97. The highest BCUT2D eigenvalue weighted by molar-refractivity contribution is 5.36. The van der Waals surface area contributed by atoms with E-state index in [1.165, 1.54) is 6.33 Å². The SMILES string of the molecule is CC(C)c1ncccc1-n1cncn1. The lowest BCUT2D eigenvalue weighted by atomic mass is 10.1. The van der Waals surface area contributed by atoms with Crippen LogP contribution in [0.25, 0.3) is 5.69 Å². The van der Waals surface area contributed by atoms with Crippen LogP contribution in [0, 0.1) is 0 Å². The topological polar surface area (TPSA) is 43.6 Å². The molecule has 0 spiro atoms. The first-order valence-corrected chi connectivity index (χ1v) is 4.59. The minimum absolute atomic E-state index is 0.385. The van der Waals surface area contributed by atoms with E-state index in [1.807, 2.05) is 12.1 Å². The molecule has 4 heteroatoms. The van der Waals surface area contributed by atoms with Crippen LogP contribution in [-0.4, -0.2) is 19.7 Å². The molecule has 0 fully saturated rings. The minimum Gasteiger partial charge on any atom is -0.259 e. The van der Waals surface area contributed by atoms with Gasteiger partial charge in [0.05, 0.1) is 11.4 Å². The summed E-state index contributed by atoms with van der Waals surface area (Å²) in [5.41, 5.74) is 2.04. The van der Waals surface area contributed by atoms with Crippen molar-refractivity contribution < 1.29 is 0 Å². The molecule has 0 bridgehead atoms. The quantitative estimate of drug-likeness (QED) is 0.721. The van der Waals surface area contributed by atoms with Gasteiger partial charge in [-0.3, -0.25) is 4.98 Å². The van der Waals surface area contributed by atoms with Crippen LogP contribution in [0.15, 0.2) is 31.0 Å². The second-order valence-electron chi connectivity index (χ2n) is 3.40. The highest BCUT2D eigenvalue weighted by atomic mass is 15.3. The third-order valence-corrected chi connectivity index (χ3v) is 2.03. The Labute approximate surface area is 82.6 Å². The van der Waals surface area contributed by atoms with Crippen molar-refractivity contribution in [3.63, 3.8) is 0 Å². The Morgan fingerprint density at radius 2 is 2.21 bits per heavy atom. The van der Waals surface area contributed by atoms with Crippen molar-refractivity contribution in [2.75, 3.05) is 0 Å². The Bertz CT molecular complexity index is 406. The van der Waals surface area contributed by atoms with Gasteiger partial charge < -0.3 is 0 Å². The maximum absolute atomic E-state index is 4.35. The van der Waals surface area contributed by atoms with Gasteiger partial charge in [-0.25, -0.2) is 9.67 Å². The van der Waals surface area contributed by atoms with Crippen molar-refractivity contribution in [2.45, 2.75) is 19.8 Å². The zero-order valence-corrected chi connectivity index (χ0v) is 8.25. The molecule has 0 saturated carbocycles. The molecule has 0 aliphatic rings. The molecular weight excluding hydrogens is 176 g/mol. The molecule has 2 heterocycles. The van der Waals surface area contributed by atoms with Crippen molar-refractivity contribution in [2.24, 2.45) is 0 Å². The fourth-order valence-electron chi connectivity index (χ4n) is 1.38. The predicted octanol–water partition coefficient (Wildman–Crippen LogP) is 1.79. The van der Waals surface area contributed by atoms with Crippen LogP contribution >= 0.6 is 0 Å². The van der Waals surface area contributed by atoms with E-state index < -0.39 is 0 Å². The lowest BCUT2D eigenvalue weighted by molar-refractivity contribution is 0.775. The largest absolute Gasteiger partial charge is 0.259 e. The number of aromatic nitrogens is 4. The number of rotatable bonds is 2. The van der Waals surface area contributed by atoms with Crippen LogP contribution in [0.4, 0.5) is 0 Å². The second-order valence-corrected chi connectivity index (χ2v) is 3.40. The highest BCUT2D eigenvalue weighted by Crippen LogP contribution is 2.18. The molecule has 2 rings (SSSR count). The highest BCUT2D eigenvalue weighted by Gasteiger charge is 2.08. The molecule has 0 N–H and O–H groups in total. The summed E-state index contributed by atoms with van der Waals surface area (Å²) in [5.74, 6) is 0.385. The van der Waals surface area contributed by atoms with Crippen LogP contribution in [0.3, 0.4) is 0 Å². The molecule has 2 aromatic rings. The van der Waals surface area contributed by atoms with Gasteiger partial charge in [-0.15, -0.1) is 0 Å². The minimum atomic E-state index is 0.385. The smallest absolute Gasteiger partial charge is 0.138 e. The molecule has 0 aliphatic heterocycles. The van der Waals surface area contributed by atoms with Crippen LogP contribution in [0.2, 0.25) is 0 Å². The van der Waals surface area contributed by atoms with Gasteiger partial charge in [0.15, 0.2) is 0 Å². The Morgan fingerprint density at radius 1 is 1.36 bits per heavy atom. The van der Waals surface area contributed by atoms with Crippen LogP contribution in [0.1, 0.15) is 25.5 Å². The summed E-state index contributed by atoms with van der Waals surface area (Å²) in [7, 11) is 0. The third kappa shape index (κ3) is 1.51. The number of hydrogen-bond donors (Lipinski definition) is 0. The van der Waals surface area contributed by atoms with Gasteiger partial charge in [-0.1, -0.05) is 13.8 Å². The van der Waals surface area contributed by atoms with Crippen LogP contribution in [0.5, 0.6) is 0 Å². The molecule has 0 atom stereocenters. The molecule has 0 unspecified atom stereocenters. The number of pyridine rings is 1. The van der Waals surface area contributed by atoms with E-state index in [1.54, 1.807) is 17.2 Å². The van der Waals surface area contributed by atoms with E-state index in [4.69, 9.17) is 0 Å². The van der Waals surface area contributed by atoms with Crippen molar-refractivity contribution in [3.8, 4) is 5.69 Å². The zero-order valence-electron chi connectivity index (χ0n) is 8.25. The van der Waals surface area contributed by atoms with Crippen LogP contribution < -0.4 is 0 Å². The first-order chi connectivity index (χ1) is 6.79. The second kappa shape index (κ2) is 3.57. The van der Waals surface area contributed by atoms with E-state index in [2.05, 4.69) is 28.9 Å². The fraction of sp³-hybridized carbons (Fsp3) is 0.300. The van der Waals surface area contributed by atoms with Gasteiger partial charge in [0.25, 0.3) is 0 Å². The van der Waals surface area contributed by atoms with Crippen molar-refractivity contribution in [1.29, 1.82) is 0 Å². The van der Waals surface area contributed by atoms with E-state index in [9.17, 15) is 0 Å². The standard InChI is InChI=1S/C10H12N4/c1-8(2)10-9(4-3-5-12-10)14-7-11-6-13-14/h3-8H,1-2H3. The van der Waals surface area contributed by atoms with Gasteiger partial charge in [-0.05, 0) is 18.1 Å². The molecule has 14 heavy (non-hydrogen) atoms. The Balaban J connectivity index is 2.53. The summed E-state index contributed by atoms with van der Waals surface area (Å²) in [4.78, 5) is 8.27. The summed E-state index contributed by atoms with van der Waals surface area (Å²) in [5, 5.41) is 4.10. The number of hydrogen-bond acceptors (Lipinski definition) is 3. The normalized spacial score (nSPS) is 10.8. The van der Waals surface area contributed by atoms with E-state index in [0.717, 1.165) is 11.4 Å². The van der Waals surface area contributed by atoms with Crippen molar-refractivity contribution in [3.05, 3.63) is 36.7 Å². The van der Waals surface area contributed by atoms with Gasteiger partial charge in [0, 0.05) is 6.20 Å². The Morgan fingerprint density at radius 3 is 2.86 bits per heavy atom. The fourth-order valence-corrected chi connectivity index (χ4v) is 1.38. The molecule has 0 aromatic carbocycles. The lowest BCUT2D eigenvalue weighted by Crippen LogP contribution is -2.03. The summed E-state index contributed by atoms with van der Waals surface area (Å²) >= 11 is 0. The molecule has 4 nitrogen and oxygen atoms in total. The Hall–Kier alpha value is -1.71. The summed E-state index contributed by atoms with van der Waals surface area (Å²) < 4.78 is 1.74. The van der Waals surface area contributed by atoms with Gasteiger partial charge in [0.1, 0.15) is 12.7 Å². The molecule has 2 aromatic heterocycles. The molecule has 0 radical (unpaired) electrons. The van der Waals surface area contributed by atoms with Crippen LogP contribution in [-0.2, 0) is 0 Å². The first kappa shape index (κ1) is 8.87. The predicted molar refractivity (Wildman–Crippen MR) is 53.2 cm³/mol. The van der Waals surface area contributed by atoms with E-state index >= 15 is 0 Å². The lowest BCUT2D eigenvalue weighted by Gasteiger charge is -2.09. The Kier molecular flexibility index (Phi) is 2.26. The van der Waals surface area contributed by atoms with Gasteiger partial charge in [0.2, 0.25) is 0 Å². The van der Waals surface area contributed by atoms with Gasteiger partial charge in [-0.2, -0.15) is 5.10 Å². The van der Waals surface area contributed by atoms with Gasteiger partial charge >= 0.3 is 0 Å². The summed E-state index contributed by atoms with van der Waals surface area (Å²) in [6.07, 6.45) is 5.01. The molecule has 0 aliphatic carbocycles. The van der Waals surface area contributed by atoms with Crippen molar-refractivity contribution >= 4 is 0 Å².